The van der Waals surface area contributed by atoms with Crippen LogP contribution in [0.2, 0.25) is 0 Å². The maximum absolute atomic E-state index is 11.9. The lowest BCUT2D eigenvalue weighted by Crippen LogP contribution is -2.10. The summed E-state index contributed by atoms with van der Waals surface area (Å²) < 4.78 is 0. The van der Waals surface area contributed by atoms with Gasteiger partial charge in [-0.05, 0) is 24.3 Å². The number of hydrogen-bond donors (Lipinski definition) is 1. The number of hydrogen-bond acceptors (Lipinski definition) is 3. The van der Waals surface area contributed by atoms with Crippen LogP contribution in [0, 0.1) is 6.57 Å². The summed E-state index contributed by atoms with van der Waals surface area (Å²) in [5.41, 5.74) is 1.07. The Bertz CT molecular complexity index is 432. The van der Waals surface area contributed by atoms with Crippen molar-refractivity contribution in [2.24, 2.45) is 0 Å². The molecule has 76 valence electrons. The first-order chi connectivity index (χ1) is 7.33. The SMILES string of the molecule is [C-]#[N+]/C(C(=O)c1cccs1)=C1\CCCN1. The number of nitrogens with one attached hydrogen (secondary N) is 1. The van der Waals surface area contributed by atoms with Crippen molar-refractivity contribution in [3.8, 4) is 0 Å². The molecule has 3 nitrogen and oxygen atoms in total. The zero-order valence-electron chi connectivity index (χ0n) is 8.12. The van der Waals surface area contributed by atoms with Gasteiger partial charge in [-0.1, -0.05) is 6.07 Å². The highest BCUT2D eigenvalue weighted by Crippen LogP contribution is 2.21. The number of thiophene rings is 1. The van der Waals surface area contributed by atoms with Crippen molar-refractivity contribution >= 4 is 17.1 Å². The highest BCUT2D eigenvalue weighted by molar-refractivity contribution is 7.12. The van der Waals surface area contributed by atoms with E-state index in [4.69, 9.17) is 6.57 Å². The van der Waals surface area contributed by atoms with Crippen molar-refractivity contribution in [2.75, 3.05) is 6.54 Å². The number of carbonyl (C=O) groups is 1. The molecule has 0 atom stereocenters. The van der Waals surface area contributed by atoms with Crippen LogP contribution in [0.3, 0.4) is 0 Å². The van der Waals surface area contributed by atoms with Gasteiger partial charge in [0.1, 0.15) is 0 Å². The van der Waals surface area contributed by atoms with Crippen molar-refractivity contribution in [3.05, 3.63) is 45.2 Å². The fourth-order valence-corrected chi connectivity index (χ4v) is 2.24. The highest BCUT2D eigenvalue weighted by atomic mass is 32.1. The Hall–Kier alpha value is -1.60. The Morgan fingerprint density at radius 3 is 3.00 bits per heavy atom. The third-order valence-corrected chi connectivity index (χ3v) is 3.17. The summed E-state index contributed by atoms with van der Waals surface area (Å²) in [6, 6.07) is 3.58. The summed E-state index contributed by atoms with van der Waals surface area (Å²) in [6.07, 6.45) is 1.82. The molecule has 0 aliphatic carbocycles. The monoisotopic (exact) mass is 218 g/mol. The first-order valence-corrected chi connectivity index (χ1v) is 5.63. The number of rotatable bonds is 2. The fourth-order valence-electron chi connectivity index (χ4n) is 1.57. The molecule has 0 radical (unpaired) electrons. The maximum atomic E-state index is 11.9. The van der Waals surface area contributed by atoms with E-state index < -0.39 is 0 Å². The smallest absolute Gasteiger partial charge is 0.253 e. The predicted molar refractivity (Wildman–Crippen MR) is 59.5 cm³/mol. The standard InChI is InChI=1S/C11H10N2OS/c1-12-10(8-4-2-6-13-8)11(14)9-5-3-7-15-9/h3,5,7,13H,2,4,6H2/b10-8+. The molecule has 1 fully saturated rings. The van der Waals surface area contributed by atoms with Gasteiger partial charge in [-0.25, -0.2) is 4.85 Å². The van der Waals surface area contributed by atoms with Gasteiger partial charge in [-0.2, -0.15) is 0 Å². The van der Waals surface area contributed by atoms with Crippen LogP contribution in [0.15, 0.2) is 28.9 Å². The normalized spacial score (nSPS) is 18.1. The zero-order valence-corrected chi connectivity index (χ0v) is 8.93. The van der Waals surface area contributed by atoms with Crippen LogP contribution < -0.4 is 5.32 Å². The quantitative estimate of drug-likeness (QED) is 0.470. The molecule has 0 amide bonds. The van der Waals surface area contributed by atoms with E-state index in [1.807, 2.05) is 11.4 Å². The van der Waals surface area contributed by atoms with Gasteiger partial charge in [-0.15, -0.1) is 11.3 Å². The molecular formula is C11H10N2OS. The first kappa shape index (κ1) is 9.94. The van der Waals surface area contributed by atoms with Gasteiger partial charge in [0, 0.05) is 12.2 Å². The van der Waals surface area contributed by atoms with Crippen LogP contribution in [-0.4, -0.2) is 12.3 Å². The van der Waals surface area contributed by atoms with Crippen LogP contribution >= 0.6 is 11.3 Å². The Labute approximate surface area is 92.2 Å². The minimum atomic E-state index is -0.149. The second kappa shape index (κ2) is 4.28. The molecular weight excluding hydrogens is 208 g/mol. The van der Waals surface area contributed by atoms with Crippen LogP contribution in [0.1, 0.15) is 22.5 Å². The average molecular weight is 218 g/mol. The Kier molecular flexibility index (Phi) is 2.84. The second-order valence-corrected chi connectivity index (χ2v) is 4.22. The Balaban J connectivity index is 2.33. The average Bonchev–Trinajstić information content (AvgIpc) is 2.91. The number of carbonyl (C=O) groups excluding carboxylic acids is 1. The predicted octanol–water partition coefficient (Wildman–Crippen LogP) is 2.45. The molecule has 2 heterocycles. The van der Waals surface area contributed by atoms with E-state index in [2.05, 4.69) is 10.2 Å². The van der Waals surface area contributed by atoms with E-state index in [1.54, 1.807) is 6.07 Å². The molecule has 0 spiro atoms. The van der Waals surface area contributed by atoms with E-state index in [1.165, 1.54) is 11.3 Å². The van der Waals surface area contributed by atoms with Crippen LogP contribution in [0.25, 0.3) is 4.85 Å². The fraction of sp³-hybridized carbons (Fsp3) is 0.273. The Morgan fingerprint density at radius 2 is 2.47 bits per heavy atom. The summed E-state index contributed by atoms with van der Waals surface area (Å²) in [6.45, 7) is 7.94. The minimum absolute atomic E-state index is 0.149. The van der Waals surface area contributed by atoms with Crippen molar-refractivity contribution in [1.82, 2.24) is 5.32 Å². The van der Waals surface area contributed by atoms with E-state index >= 15 is 0 Å². The van der Waals surface area contributed by atoms with Crippen molar-refractivity contribution in [2.45, 2.75) is 12.8 Å². The first-order valence-electron chi connectivity index (χ1n) is 4.75. The molecule has 1 aliphatic rings. The molecule has 2 rings (SSSR count). The topological polar surface area (TPSA) is 33.5 Å². The number of nitrogens with zero attached hydrogens (tertiary/aromatic N) is 1. The highest BCUT2D eigenvalue weighted by Gasteiger charge is 2.20. The molecule has 1 aromatic rings. The van der Waals surface area contributed by atoms with Gasteiger partial charge in [-0.3, -0.25) is 0 Å². The summed E-state index contributed by atoms with van der Waals surface area (Å²) in [5, 5.41) is 4.95. The second-order valence-electron chi connectivity index (χ2n) is 3.28. The molecule has 1 aliphatic heterocycles. The van der Waals surface area contributed by atoms with Crippen LogP contribution in [-0.2, 0) is 0 Å². The molecule has 15 heavy (non-hydrogen) atoms. The van der Waals surface area contributed by atoms with E-state index in [0.717, 1.165) is 25.1 Å². The molecule has 0 saturated carbocycles. The molecule has 0 bridgehead atoms. The molecule has 0 unspecified atom stereocenters. The van der Waals surface area contributed by atoms with Crippen molar-refractivity contribution < 1.29 is 4.79 Å². The maximum Gasteiger partial charge on any atom is 0.253 e. The molecule has 1 saturated heterocycles. The van der Waals surface area contributed by atoms with E-state index in [-0.39, 0.29) is 11.5 Å². The zero-order chi connectivity index (χ0) is 10.7. The van der Waals surface area contributed by atoms with Gasteiger partial charge >= 0.3 is 0 Å². The number of ketones is 1. The summed E-state index contributed by atoms with van der Waals surface area (Å²) in [4.78, 5) is 15.9. The lowest BCUT2D eigenvalue weighted by atomic mass is 10.2. The minimum Gasteiger partial charge on any atom is -0.397 e. The Morgan fingerprint density at radius 1 is 1.60 bits per heavy atom. The van der Waals surface area contributed by atoms with Gasteiger partial charge in [0.05, 0.1) is 11.4 Å². The molecule has 0 aromatic carbocycles. The van der Waals surface area contributed by atoms with Gasteiger partial charge < -0.3 is 10.1 Å². The lowest BCUT2D eigenvalue weighted by molar-refractivity contribution is 0.104. The van der Waals surface area contributed by atoms with Crippen molar-refractivity contribution in [1.29, 1.82) is 0 Å². The largest absolute Gasteiger partial charge is 0.397 e. The molecule has 4 heteroatoms. The number of Topliss-reactive ketones (excluding diaryl/α,β-unsaturated/α-hetero) is 1. The molecule has 1 N–H and O–H groups in total. The number of allylic oxidation sites excluding steroid dienone is 2. The van der Waals surface area contributed by atoms with Gasteiger partial charge in [0.15, 0.2) is 0 Å². The summed E-state index contributed by atoms with van der Waals surface area (Å²) in [5.74, 6) is -0.149. The van der Waals surface area contributed by atoms with Gasteiger partial charge in [0.25, 0.3) is 5.70 Å². The summed E-state index contributed by atoms with van der Waals surface area (Å²) >= 11 is 1.38. The van der Waals surface area contributed by atoms with E-state index in [0.29, 0.717) is 4.88 Å². The summed E-state index contributed by atoms with van der Waals surface area (Å²) in [7, 11) is 0. The van der Waals surface area contributed by atoms with Crippen LogP contribution in [0.5, 0.6) is 0 Å². The lowest BCUT2D eigenvalue weighted by Gasteiger charge is -2.01. The third kappa shape index (κ3) is 1.92. The van der Waals surface area contributed by atoms with Crippen molar-refractivity contribution in [3.63, 3.8) is 0 Å². The van der Waals surface area contributed by atoms with Gasteiger partial charge in [0.2, 0.25) is 5.78 Å². The van der Waals surface area contributed by atoms with E-state index in [9.17, 15) is 4.79 Å². The molecule has 1 aromatic heterocycles. The van der Waals surface area contributed by atoms with Crippen LogP contribution in [0.4, 0.5) is 0 Å². The third-order valence-electron chi connectivity index (χ3n) is 2.30.